The molecule has 0 aliphatic carbocycles. The first-order valence-electron chi connectivity index (χ1n) is 5.96. The van der Waals surface area contributed by atoms with Gasteiger partial charge in [0.15, 0.2) is 11.6 Å². The van der Waals surface area contributed by atoms with Crippen LogP contribution in [0.3, 0.4) is 0 Å². The van der Waals surface area contributed by atoms with Crippen LogP contribution in [0.25, 0.3) is 10.4 Å². The van der Waals surface area contributed by atoms with Crippen molar-refractivity contribution in [2.75, 3.05) is 29.1 Å². The molecule has 0 radical (unpaired) electrons. The van der Waals surface area contributed by atoms with Crippen molar-refractivity contribution in [1.29, 1.82) is 0 Å². The van der Waals surface area contributed by atoms with Crippen LogP contribution in [-0.4, -0.2) is 46.9 Å². The number of fused-ring (bicyclic) bond motifs is 1. The average Bonchev–Trinajstić information content (AvgIpc) is 2.85. The van der Waals surface area contributed by atoms with Crippen molar-refractivity contribution >= 4 is 35.4 Å². The number of aromatic nitrogens is 2. The molecule has 0 aromatic carbocycles. The van der Waals surface area contributed by atoms with Crippen LogP contribution in [0.15, 0.2) is 16.3 Å². The summed E-state index contributed by atoms with van der Waals surface area (Å²) in [7, 11) is 0. The van der Waals surface area contributed by atoms with Gasteiger partial charge in [-0.3, -0.25) is 9.69 Å². The number of thioether (sulfide) groups is 1. The molecule has 0 unspecified atom stereocenters. The van der Waals surface area contributed by atoms with E-state index in [0.717, 1.165) is 0 Å². The number of ether oxygens (including phenoxy) is 1. The van der Waals surface area contributed by atoms with Crippen LogP contribution in [0.5, 0.6) is 0 Å². The molecular formula is C10H9N7O3S. The molecular weight excluding hydrogens is 298 g/mol. The Hall–Kier alpha value is -2.52. The Balaban J connectivity index is 1.81. The first kappa shape index (κ1) is 13.5. The van der Waals surface area contributed by atoms with Gasteiger partial charge >= 0.3 is 6.09 Å². The van der Waals surface area contributed by atoms with Crippen molar-refractivity contribution in [3.8, 4) is 0 Å². The molecule has 21 heavy (non-hydrogen) atoms. The van der Waals surface area contributed by atoms with E-state index >= 15 is 0 Å². The van der Waals surface area contributed by atoms with Gasteiger partial charge in [-0.15, -0.1) is 0 Å². The van der Waals surface area contributed by atoms with Crippen molar-refractivity contribution in [2.24, 2.45) is 5.11 Å². The highest BCUT2D eigenvalue weighted by Gasteiger charge is 2.33. The van der Waals surface area contributed by atoms with Gasteiger partial charge in [-0.2, -0.15) is 0 Å². The molecule has 1 saturated heterocycles. The lowest BCUT2D eigenvalue weighted by Crippen LogP contribution is -2.28. The van der Waals surface area contributed by atoms with Gasteiger partial charge < -0.3 is 10.1 Å². The smallest absolute Gasteiger partial charge is 0.415 e. The zero-order valence-corrected chi connectivity index (χ0v) is 11.4. The second-order valence-corrected chi connectivity index (χ2v) is 5.21. The van der Waals surface area contributed by atoms with Crippen LogP contribution in [0.4, 0.5) is 16.4 Å². The Morgan fingerprint density at radius 1 is 1.62 bits per heavy atom. The third kappa shape index (κ3) is 2.69. The minimum Gasteiger partial charge on any atom is -0.444 e. The standard InChI is InChI=1S/C10H9N7O3S/c11-16-13-1-5-3-17(10(19)20-5)6-2-12-9-8(14-6)15-7(18)4-21-9/h2,5H,1,3-4H2,(H,14,15,18)/t5-/m0/s1. The normalized spacial score (nSPS) is 20.4. The maximum atomic E-state index is 11.8. The predicted molar refractivity (Wildman–Crippen MR) is 73.0 cm³/mol. The van der Waals surface area contributed by atoms with Crippen molar-refractivity contribution < 1.29 is 14.3 Å². The van der Waals surface area contributed by atoms with Gasteiger partial charge in [-0.1, -0.05) is 16.9 Å². The SMILES string of the molecule is [N-]=[N+]=NC[C@H]1CN(c2cnc3c(n2)NC(=O)CS3)C(=O)O1. The van der Waals surface area contributed by atoms with Gasteiger partial charge in [0.1, 0.15) is 11.1 Å². The van der Waals surface area contributed by atoms with E-state index < -0.39 is 12.2 Å². The molecule has 0 spiro atoms. The summed E-state index contributed by atoms with van der Waals surface area (Å²) in [6.07, 6.45) is 0.341. The summed E-state index contributed by atoms with van der Waals surface area (Å²) in [6, 6.07) is 0. The Morgan fingerprint density at radius 2 is 2.48 bits per heavy atom. The number of nitrogens with one attached hydrogen (secondary N) is 1. The quantitative estimate of drug-likeness (QED) is 0.506. The monoisotopic (exact) mass is 307 g/mol. The van der Waals surface area contributed by atoms with Gasteiger partial charge in [0.05, 0.1) is 25.0 Å². The zero-order valence-electron chi connectivity index (χ0n) is 10.6. The lowest BCUT2D eigenvalue weighted by Gasteiger charge is -2.17. The van der Waals surface area contributed by atoms with E-state index in [1.807, 2.05) is 0 Å². The molecule has 1 atom stereocenters. The van der Waals surface area contributed by atoms with Crippen molar-refractivity contribution in [1.82, 2.24) is 9.97 Å². The molecule has 1 aromatic heterocycles. The molecule has 3 heterocycles. The van der Waals surface area contributed by atoms with Gasteiger partial charge in [-0.25, -0.2) is 14.8 Å². The Labute approximate surface area is 122 Å². The maximum Gasteiger partial charge on any atom is 0.415 e. The van der Waals surface area contributed by atoms with Gasteiger partial charge in [0.25, 0.3) is 0 Å². The van der Waals surface area contributed by atoms with Crippen molar-refractivity contribution in [3.63, 3.8) is 0 Å². The second-order valence-electron chi connectivity index (χ2n) is 4.25. The Morgan fingerprint density at radius 3 is 3.29 bits per heavy atom. The van der Waals surface area contributed by atoms with E-state index in [1.54, 1.807) is 0 Å². The summed E-state index contributed by atoms with van der Waals surface area (Å²) in [6.45, 7) is 0.274. The molecule has 2 amide bonds. The molecule has 0 bridgehead atoms. The van der Waals surface area contributed by atoms with E-state index in [9.17, 15) is 9.59 Å². The molecule has 2 aliphatic heterocycles. The molecule has 1 N–H and O–H groups in total. The molecule has 2 aliphatic rings. The van der Waals surface area contributed by atoms with Crippen LogP contribution in [0.2, 0.25) is 0 Å². The minimum atomic E-state index is -0.586. The molecule has 1 aromatic rings. The number of nitrogens with zero attached hydrogens (tertiary/aromatic N) is 6. The van der Waals surface area contributed by atoms with Crippen LogP contribution in [-0.2, 0) is 9.53 Å². The predicted octanol–water partition coefficient (Wildman–Crippen LogP) is 1.16. The first-order valence-corrected chi connectivity index (χ1v) is 6.94. The molecule has 1 fully saturated rings. The van der Waals surface area contributed by atoms with Crippen LogP contribution >= 0.6 is 11.8 Å². The van der Waals surface area contributed by atoms with Crippen molar-refractivity contribution in [3.05, 3.63) is 16.6 Å². The van der Waals surface area contributed by atoms with Gasteiger partial charge in [0, 0.05) is 4.91 Å². The summed E-state index contributed by atoms with van der Waals surface area (Å²) in [5, 5.41) is 6.59. The molecule has 10 nitrogen and oxygen atoms in total. The fourth-order valence-electron chi connectivity index (χ4n) is 1.92. The Bertz CT molecular complexity index is 660. The van der Waals surface area contributed by atoms with Crippen LogP contribution in [0.1, 0.15) is 0 Å². The van der Waals surface area contributed by atoms with Crippen LogP contribution < -0.4 is 10.2 Å². The highest BCUT2D eigenvalue weighted by molar-refractivity contribution is 8.00. The highest BCUT2D eigenvalue weighted by atomic mass is 32.2. The molecule has 11 heteroatoms. The second kappa shape index (κ2) is 5.46. The fraction of sp³-hybridized carbons (Fsp3) is 0.400. The number of carbonyl (C=O) groups is 2. The fourth-order valence-corrected chi connectivity index (χ4v) is 2.62. The number of carbonyl (C=O) groups excluding carboxylic acids is 2. The lowest BCUT2D eigenvalue weighted by molar-refractivity contribution is -0.113. The maximum absolute atomic E-state index is 11.8. The number of azide groups is 1. The lowest BCUT2D eigenvalue weighted by atomic mass is 10.3. The molecule has 3 rings (SSSR count). The number of amides is 2. The topological polar surface area (TPSA) is 133 Å². The van der Waals surface area contributed by atoms with E-state index in [1.165, 1.54) is 22.9 Å². The summed E-state index contributed by atoms with van der Waals surface area (Å²) >= 11 is 1.28. The molecule has 108 valence electrons. The van der Waals surface area contributed by atoms with E-state index in [2.05, 4.69) is 25.3 Å². The highest BCUT2D eigenvalue weighted by Crippen LogP contribution is 2.30. The largest absolute Gasteiger partial charge is 0.444 e. The van der Waals surface area contributed by atoms with E-state index in [-0.39, 0.29) is 24.8 Å². The Kier molecular flexibility index (Phi) is 3.50. The number of hydrogen-bond acceptors (Lipinski definition) is 7. The first-order chi connectivity index (χ1) is 10.2. The van der Waals surface area contributed by atoms with Gasteiger partial charge in [0.2, 0.25) is 5.91 Å². The van der Waals surface area contributed by atoms with Crippen molar-refractivity contribution in [2.45, 2.75) is 11.1 Å². The third-order valence-electron chi connectivity index (χ3n) is 2.82. The molecule has 0 saturated carbocycles. The number of rotatable bonds is 3. The number of anilines is 2. The summed E-state index contributed by atoms with van der Waals surface area (Å²) in [4.78, 5) is 35.4. The minimum absolute atomic E-state index is 0.0592. The van der Waals surface area contributed by atoms with E-state index in [0.29, 0.717) is 16.6 Å². The third-order valence-corrected chi connectivity index (χ3v) is 3.80. The summed E-state index contributed by atoms with van der Waals surface area (Å²) in [5.41, 5.74) is 8.27. The number of hydrogen-bond donors (Lipinski definition) is 1. The summed E-state index contributed by atoms with van der Waals surface area (Å²) in [5.74, 6) is 0.746. The average molecular weight is 307 g/mol. The van der Waals surface area contributed by atoms with E-state index in [4.69, 9.17) is 10.3 Å². The summed E-state index contributed by atoms with van der Waals surface area (Å²) < 4.78 is 5.06. The van der Waals surface area contributed by atoms with Crippen LogP contribution in [0, 0.1) is 0 Å². The zero-order chi connectivity index (χ0) is 14.8. The number of cyclic esters (lactones) is 1. The van der Waals surface area contributed by atoms with Gasteiger partial charge in [-0.05, 0) is 5.53 Å².